The first-order chi connectivity index (χ1) is 10.8. The van der Waals surface area contributed by atoms with Gasteiger partial charge in [-0.15, -0.1) is 0 Å². The lowest BCUT2D eigenvalue weighted by molar-refractivity contribution is -0.137. The molecule has 0 saturated carbocycles. The van der Waals surface area contributed by atoms with Gasteiger partial charge in [0.05, 0.1) is 12.7 Å². The molecule has 0 spiro atoms. The Morgan fingerprint density at radius 2 is 1.96 bits per heavy atom. The Labute approximate surface area is 132 Å². The first kappa shape index (κ1) is 18.1. The third kappa shape index (κ3) is 4.53. The SMILES string of the molecule is CC/C(N)=C(/C(=N)N)C(=O)OCC(=O)c1ccc(OC)cc1F. The fourth-order valence-corrected chi connectivity index (χ4v) is 1.72. The number of amidine groups is 1. The number of Topliss-reactive ketones (excluding diaryl/α,β-unsaturated/α-hetero) is 1. The highest BCUT2D eigenvalue weighted by molar-refractivity contribution is 6.17. The van der Waals surface area contributed by atoms with Gasteiger partial charge in [0.25, 0.3) is 0 Å². The summed E-state index contributed by atoms with van der Waals surface area (Å²) >= 11 is 0. The van der Waals surface area contributed by atoms with Gasteiger partial charge in [-0.1, -0.05) is 6.92 Å². The van der Waals surface area contributed by atoms with Crippen LogP contribution >= 0.6 is 0 Å². The molecule has 0 saturated heterocycles. The number of allylic oxidation sites excluding steroid dienone is 1. The summed E-state index contributed by atoms with van der Waals surface area (Å²) in [5, 5.41) is 7.32. The molecule has 124 valence electrons. The van der Waals surface area contributed by atoms with Gasteiger partial charge in [0.2, 0.25) is 5.78 Å². The molecule has 1 aromatic carbocycles. The van der Waals surface area contributed by atoms with Crippen LogP contribution in [0.3, 0.4) is 0 Å². The van der Waals surface area contributed by atoms with Gasteiger partial charge in [-0.05, 0) is 18.6 Å². The van der Waals surface area contributed by atoms with Crippen LogP contribution < -0.4 is 16.2 Å². The molecule has 1 rings (SSSR count). The Morgan fingerprint density at radius 3 is 2.43 bits per heavy atom. The number of methoxy groups -OCH3 is 1. The van der Waals surface area contributed by atoms with Gasteiger partial charge in [-0.2, -0.15) is 0 Å². The molecule has 0 unspecified atom stereocenters. The minimum atomic E-state index is -1.00. The molecule has 0 heterocycles. The first-order valence-electron chi connectivity index (χ1n) is 6.68. The Bertz CT molecular complexity index is 671. The lowest BCUT2D eigenvalue weighted by Gasteiger charge is -2.10. The van der Waals surface area contributed by atoms with Crippen molar-refractivity contribution in [2.45, 2.75) is 13.3 Å². The van der Waals surface area contributed by atoms with Crippen molar-refractivity contribution in [2.24, 2.45) is 11.5 Å². The van der Waals surface area contributed by atoms with Crippen LogP contribution in [-0.4, -0.2) is 31.3 Å². The lowest BCUT2D eigenvalue weighted by atomic mass is 10.1. The van der Waals surface area contributed by atoms with E-state index in [9.17, 15) is 14.0 Å². The molecule has 8 heteroatoms. The summed E-state index contributed by atoms with van der Waals surface area (Å²) in [6.45, 7) is 0.972. The number of nitrogens with one attached hydrogen (secondary N) is 1. The summed E-state index contributed by atoms with van der Waals surface area (Å²) in [6.07, 6.45) is 0.283. The van der Waals surface area contributed by atoms with Gasteiger partial charge in [-0.3, -0.25) is 10.2 Å². The highest BCUT2D eigenvalue weighted by Crippen LogP contribution is 2.17. The zero-order valence-corrected chi connectivity index (χ0v) is 12.8. The van der Waals surface area contributed by atoms with E-state index in [1.807, 2.05) is 0 Å². The molecule has 23 heavy (non-hydrogen) atoms. The topological polar surface area (TPSA) is 128 Å². The number of benzene rings is 1. The van der Waals surface area contributed by atoms with Crippen LogP contribution in [-0.2, 0) is 9.53 Å². The summed E-state index contributed by atoms with van der Waals surface area (Å²) in [7, 11) is 1.37. The van der Waals surface area contributed by atoms with Crippen LogP contribution in [0.2, 0.25) is 0 Å². The van der Waals surface area contributed by atoms with Crippen LogP contribution in [0.25, 0.3) is 0 Å². The van der Waals surface area contributed by atoms with E-state index in [1.165, 1.54) is 19.2 Å². The molecule has 0 amide bonds. The molecule has 0 aliphatic rings. The average Bonchev–Trinajstić information content (AvgIpc) is 2.51. The molecule has 0 atom stereocenters. The number of hydrogen-bond donors (Lipinski definition) is 3. The molecule has 0 radical (unpaired) electrons. The Morgan fingerprint density at radius 1 is 1.30 bits per heavy atom. The highest BCUT2D eigenvalue weighted by Gasteiger charge is 2.20. The van der Waals surface area contributed by atoms with Crippen LogP contribution in [0, 0.1) is 11.2 Å². The number of carbonyl (C=O) groups excluding carboxylic acids is 2. The first-order valence-corrected chi connectivity index (χ1v) is 6.68. The van der Waals surface area contributed by atoms with Gasteiger partial charge in [0, 0.05) is 11.8 Å². The number of ether oxygens (including phenoxy) is 2. The number of ketones is 1. The number of rotatable bonds is 7. The maximum atomic E-state index is 13.8. The van der Waals surface area contributed by atoms with E-state index in [2.05, 4.69) is 0 Å². The van der Waals surface area contributed by atoms with Crippen molar-refractivity contribution in [3.05, 3.63) is 40.8 Å². The van der Waals surface area contributed by atoms with Crippen molar-refractivity contribution >= 4 is 17.6 Å². The Balaban J connectivity index is 2.83. The van der Waals surface area contributed by atoms with Crippen LogP contribution in [0.4, 0.5) is 4.39 Å². The van der Waals surface area contributed by atoms with Gasteiger partial charge < -0.3 is 20.9 Å². The normalized spacial score (nSPS) is 11.4. The van der Waals surface area contributed by atoms with Crippen LogP contribution in [0.5, 0.6) is 5.75 Å². The predicted octanol–water partition coefficient (Wildman–Crippen LogP) is 1.12. The molecule has 0 bridgehead atoms. The van der Waals surface area contributed by atoms with E-state index in [-0.39, 0.29) is 29.0 Å². The van der Waals surface area contributed by atoms with Crippen molar-refractivity contribution < 1.29 is 23.5 Å². The van der Waals surface area contributed by atoms with E-state index < -0.39 is 30.0 Å². The van der Waals surface area contributed by atoms with Gasteiger partial charge >= 0.3 is 5.97 Å². The standard InChI is InChI=1S/C15H18FN3O4/c1-3-11(17)13(14(18)19)15(21)23-7-12(20)9-5-4-8(22-2)6-10(9)16/h4-6H,3,7,17H2,1-2H3,(H3,18,19)/b13-11+. The summed E-state index contributed by atoms with van der Waals surface area (Å²) in [6, 6.07) is 3.69. The maximum absolute atomic E-state index is 13.8. The second-order valence-corrected chi connectivity index (χ2v) is 4.51. The van der Waals surface area contributed by atoms with Gasteiger partial charge in [-0.25, -0.2) is 9.18 Å². The highest BCUT2D eigenvalue weighted by atomic mass is 19.1. The molecule has 7 nitrogen and oxygen atoms in total. The largest absolute Gasteiger partial charge is 0.497 e. The fourth-order valence-electron chi connectivity index (χ4n) is 1.72. The monoisotopic (exact) mass is 323 g/mol. The lowest BCUT2D eigenvalue weighted by Crippen LogP contribution is -2.27. The number of halogens is 1. The zero-order valence-electron chi connectivity index (χ0n) is 12.8. The summed E-state index contributed by atoms with van der Waals surface area (Å²) in [4.78, 5) is 23.8. The average molecular weight is 323 g/mol. The molecular formula is C15H18FN3O4. The minimum Gasteiger partial charge on any atom is -0.497 e. The molecule has 1 aromatic rings. The quantitative estimate of drug-likeness (QED) is 0.227. The van der Waals surface area contributed by atoms with E-state index >= 15 is 0 Å². The Hall–Kier alpha value is -2.90. The van der Waals surface area contributed by atoms with E-state index in [1.54, 1.807) is 6.92 Å². The number of hydrogen-bond acceptors (Lipinski definition) is 6. The second-order valence-electron chi connectivity index (χ2n) is 4.51. The number of nitrogens with two attached hydrogens (primary N) is 2. The van der Waals surface area contributed by atoms with E-state index in [0.717, 1.165) is 6.07 Å². The van der Waals surface area contributed by atoms with E-state index in [0.29, 0.717) is 0 Å². The fraction of sp³-hybridized carbons (Fsp3) is 0.267. The molecule has 0 fully saturated rings. The van der Waals surface area contributed by atoms with Crippen LogP contribution in [0.15, 0.2) is 29.5 Å². The molecule has 5 N–H and O–H groups in total. The molecule has 0 aliphatic carbocycles. The summed E-state index contributed by atoms with van der Waals surface area (Å²) < 4.78 is 23.4. The Kier molecular flexibility index (Phi) is 6.25. The molecule has 0 aliphatic heterocycles. The maximum Gasteiger partial charge on any atom is 0.344 e. The third-order valence-corrected chi connectivity index (χ3v) is 2.99. The second kappa shape index (κ2) is 7.92. The van der Waals surface area contributed by atoms with Gasteiger partial charge in [0.15, 0.2) is 6.61 Å². The number of carbonyl (C=O) groups is 2. The van der Waals surface area contributed by atoms with Crippen molar-refractivity contribution in [1.29, 1.82) is 5.41 Å². The van der Waals surface area contributed by atoms with E-state index in [4.69, 9.17) is 26.4 Å². The van der Waals surface area contributed by atoms with Crippen molar-refractivity contribution in [2.75, 3.05) is 13.7 Å². The van der Waals surface area contributed by atoms with Gasteiger partial charge in [0.1, 0.15) is 23.0 Å². The predicted molar refractivity (Wildman–Crippen MR) is 81.7 cm³/mol. The minimum absolute atomic E-state index is 0.0746. The molecule has 0 aromatic heterocycles. The van der Waals surface area contributed by atoms with Crippen molar-refractivity contribution in [3.8, 4) is 5.75 Å². The van der Waals surface area contributed by atoms with Crippen molar-refractivity contribution in [3.63, 3.8) is 0 Å². The third-order valence-electron chi connectivity index (χ3n) is 2.99. The zero-order chi connectivity index (χ0) is 17.6. The number of esters is 1. The van der Waals surface area contributed by atoms with Crippen molar-refractivity contribution in [1.82, 2.24) is 0 Å². The summed E-state index contributed by atoms with van der Waals surface area (Å²) in [5.74, 6) is -2.83. The summed E-state index contributed by atoms with van der Waals surface area (Å²) in [5.41, 5.74) is 10.4. The van der Waals surface area contributed by atoms with Crippen LogP contribution in [0.1, 0.15) is 23.7 Å². The smallest absolute Gasteiger partial charge is 0.344 e. The molecular weight excluding hydrogens is 305 g/mol.